The Hall–Kier alpha value is -2.00. The molecule has 1 aromatic carbocycles. The van der Waals surface area contributed by atoms with Gasteiger partial charge in [0.2, 0.25) is 15.9 Å². The van der Waals surface area contributed by atoms with Gasteiger partial charge < -0.3 is 10.4 Å². The van der Waals surface area contributed by atoms with Crippen LogP contribution in [0.3, 0.4) is 0 Å². The Morgan fingerprint density at radius 3 is 2.48 bits per heavy atom. The van der Waals surface area contributed by atoms with Crippen molar-refractivity contribution in [2.75, 3.05) is 25.4 Å². The molecule has 0 bridgehead atoms. The van der Waals surface area contributed by atoms with Gasteiger partial charge in [0.25, 0.3) is 0 Å². The molecular weight excluding hydrogens is 327 g/mol. The van der Waals surface area contributed by atoms with Gasteiger partial charge in [-0.2, -0.15) is 4.31 Å². The molecular formula is C14H17FN2O5S. The van der Waals surface area contributed by atoms with Crippen molar-refractivity contribution >= 4 is 21.9 Å². The molecule has 1 unspecified atom stereocenters. The lowest BCUT2D eigenvalue weighted by molar-refractivity contribution is -0.138. The van der Waals surface area contributed by atoms with Crippen molar-refractivity contribution in [2.24, 2.45) is 0 Å². The van der Waals surface area contributed by atoms with Crippen LogP contribution in [-0.2, 0) is 19.6 Å². The molecule has 0 radical (unpaired) electrons. The second-order valence-corrected chi connectivity index (χ2v) is 7.34. The highest BCUT2D eigenvalue weighted by Crippen LogP contribution is 2.16. The fourth-order valence-electron chi connectivity index (χ4n) is 2.34. The molecule has 1 aliphatic heterocycles. The van der Waals surface area contributed by atoms with E-state index in [0.717, 1.165) is 16.4 Å². The maximum Gasteiger partial charge on any atom is 0.312 e. The van der Waals surface area contributed by atoms with E-state index in [1.165, 1.54) is 12.1 Å². The maximum absolute atomic E-state index is 12.9. The molecule has 0 aliphatic carbocycles. The summed E-state index contributed by atoms with van der Waals surface area (Å²) in [5.41, 5.74) is 0.355. The Morgan fingerprint density at radius 1 is 1.30 bits per heavy atom. The molecule has 0 saturated carbocycles. The number of carboxylic acids is 1. The van der Waals surface area contributed by atoms with Crippen molar-refractivity contribution in [1.82, 2.24) is 9.62 Å². The number of hydrogen-bond donors (Lipinski definition) is 2. The van der Waals surface area contributed by atoms with Crippen molar-refractivity contribution in [3.05, 3.63) is 35.6 Å². The first-order valence-electron chi connectivity index (χ1n) is 7.02. The molecule has 1 aromatic rings. The van der Waals surface area contributed by atoms with E-state index in [4.69, 9.17) is 0 Å². The van der Waals surface area contributed by atoms with E-state index in [1.807, 2.05) is 0 Å². The molecule has 1 amide bonds. The number of carbonyl (C=O) groups is 2. The van der Waals surface area contributed by atoms with Crippen LogP contribution >= 0.6 is 0 Å². The molecule has 1 saturated heterocycles. The Balaban J connectivity index is 1.95. The van der Waals surface area contributed by atoms with Gasteiger partial charge in [-0.05, 0) is 24.1 Å². The molecule has 0 spiro atoms. The lowest BCUT2D eigenvalue weighted by Gasteiger charge is -2.16. The van der Waals surface area contributed by atoms with E-state index < -0.39 is 33.6 Å². The van der Waals surface area contributed by atoms with Crippen molar-refractivity contribution < 1.29 is 27.5 Å². The Kier molecular flexibility index (Phi) is 5.32. The highest BCUT2D eigenvalue weighted by atomic mass is 32.2. The van der Waals surface area contributed by atoms with E-state index in [-0.39, 0.29) is 25.4 Å². The summed E-state index contributed by atoms with van der Waals surface area (Å²) in [5, 5.41) is 11.6. The van der Waals surface area contributed by atoms with Crippen LogP contribution in [0.5, 0.6) is 0 Å². The zero-order valence-corrected chi connectivity index (χ0v) is 13.1. The molecule has 2 rings (SSSR count). The molecule has 2 N–H and O–H groups in total. The highest BCUT2D eigenvalue weighted by Gasteiger charge is 2.30. The summed E-state index contributed by atoms with van der Waals surface area (Å²) in [4.78, 5) is 23.1. The molecule has 0 aromatic heterocycles. The van der Waals surface area contributed by atoms with Crippen molar-refractivity contribution in [3.63, 3.8) is 0 Å². The maximum atomic E-state index is 12.9. The van der Waals surface area contributed by atoms with Crippen LogP contribution in [-0.4, -0.2) is 55.1 Å². The molecule has 1 aliphatic rings. The Morgan fingerprint density at radius 2 is 1.96 bits per heavy atom. The van der Waals surface area contributed by atoms with Crippen LogP contribution < -0.4 is 5.32 Å². The number of aliphatic carboxylic acids is 1. The third-order valence-electron chi connectivity index (χ3n) is 3.60. The minimum atomic E-state index is -3.38. The average Bonchev–Trinajstić information content (AvgIpc) is 2.79. The Labute approximate surface area is 133 Å². The molecule has 9 heteroatoms. The summed E-state index contributed by atoms with van der Waals surface area (Å²) in [6, 6.07) is 4.96. The first-order chi connectivity index (χ1) is 10.8. The van der Waals surface area contributed by atoms with Crippen LogP contribution in [0.4, 0.5) is 4.39 Å². The fourth-order valence-corrected chi connectivity index (χ4v) is 3.82. The lowest BCUT2D eigenvalue weighted by Crippen LogP contribution is -2.40. The summed E-state index contributed by atoms with van der Waals surface area (Å²) in [5.74, 6) is -3.22. The van der Waals surface area contributed by atoms with E-state index >= 15 is 0 Å². The average molecular weight is 344 g/mol. The monoisotopic (exact) mass is 344 g/mol. The largest absolute Gasteiger partial charge is 0.481 e. The molecule has 23 heavy (non-hydrogen) atoms. The number of amides is 1. The predicted octanol–water partition coefficient (Wildman–Crippen LogP) is 0.146. The van der Waals surface area contributed by atoms with Gasteiger partial charge in [0.1, 0.15) is 5.82 Å². The quantitative estimate of drug-likeness (QED) is 0.764. The van der Waals surface area contributed by atoms with E-state index in [2.05, 4.69) is 5.32 Å². The number of rotatable bonds is 6. The lowest BCUT2D eigenvalue weighted by atomic mass is 9.99. The highest BCUT2D eigenvalue weighted by molar-refractivity contribution is 7.89. The third kappa shape index (κ3) is 4.49. The second-order valence-electron chi connectivity index (χ2n) is 5.25. The van der Waals surface area contributed by atoms with Crippen LogP contribution in [0.1, 0.15) is 17.9 Å². The third-order valence-corrected chi connectivity index (χ3v) is 5.50. The SMILES string of the molecule is O=C(CN1CCCS1(=O)=O)NCC(C(=O)O)c1ccc(F)cc1. The van der Waals surface area contributed by atoms with Crippen molar-refractivity contribution in [3.8, 4) is 0 Å². The summed E-state index contributed by atoms with van der Waals surface area (Å²) in [6.07, 6.45) is 0.475. The van der Waals surface area contributed by atoms with Gasteiger partial charge >= 0.3 is 5.97 Å². The normalized spacial score (nSPS) is 18.5. The zero-order chi connectivity index (χ0) is 17.0. The summed E-state index contributed by atoms with van der Waals surface area (Å²) >= 11 is 0. The van der Waals surface area contributed by atoms with Crippen molar-refractivity contribution in [2.45, 2.75) is 12.3 Å². The van der Waals surface area contributed by atoms with Gasteiger partial charge in [0, 0.05) is 13.1 Å². The second kappa shape index (κ2) is 7.05. The summed E-state index contributed by atoms with van der Waals surface area (Å²) in [7, 11) is -3.38. The minimum Gasteiger partial charge on any atom is -0.481 e. The minimum absolute atomic E-state index is 0.0214. The van der Waals surface area contributed by atoms with Crippen molar-refractivity contribution in [1.29, 1.82) is 0 Å². The molecule has 1 heterocycles. The topological polar surface area (TPSA) is 104 Å². The molecule has 1 atom stereocenters. The molecule has 126 valence electrons. The number of hydrogen-bond acceptors (Lipinski definition) is 4. The predicted molar refractivity (Wildman–Crippen MR) is 79.8 cm³/mol. The van der Waals surface area contributed by atoms with Gasteiger partial charge in [0.05, 0.1) is 18.2 Å². The fraction of sp³-hybridized carbons (Fsp3) is 0.429. The number of carbonyl (C=O) groups excluding carboxylic acids is 1. The first kappa shape index (κ1) is 17.4. The van der Waals surface area contributed by atoms with Gasteiger partial charge in [-0.25, -0.2) is 12.8 Å². The van der Waals surface area contributed by atoms with E-state index in [9.17, 15) is 27.5 Å². The number of nitrogens with one attached hydrogen (secondary N) is 1. The number of halogens is 1. The van der Waals surface area contributed by atoms with Crippen LogP contribution in [0.25, 0.3) is 0 Å². The standard InChI is InChI=1S/C14H17FN2O5S/c15-11-4-2-10(3-5-11)12(14(19)20)8-16-13(18)9-17-6-1-7-23(17,21)22/h2-5,12H,1,6-9H2,(H,16,18)(H,19,20). The van der Waals surface area contributed by atoms with E-state index in [1.54, 1.807) is 0 Å². The number of carboxylic acid groups (broad SMARTS) is 1. The summed E-state index contributed by atoms with van der Waals surface area (Å²) in [6.45, 7) is -0.234. The number of nitrogens with zero attached hydrogens (tertiary/aromatic N) is 1. The number of sulfonamides is 1. The smallest absolute Gasteiger partial charge is 0.312 e. The molecule has 7 nitrogen and oxygen atoms in total. The van der Waals surface area contributed by atoms with Gasteiger partial charge in [-0.3, -0.25) is 9.59 Å². The first-order valence-corrected chi connectivity index (χ1v) is 8.63. The Bertz CT molecular complexity index is 690. The van der Waals surface area contributed by atoms with Crippen LogP contribution in [0, 0.1) is 5.82 Å². The van der Waals surface area contributed by atoms with Gasteiger partial charge in [0.15, 0.2) is 0 Å². The zero-order valence-electron chi connectivity index (χ0n) is 12.2. The molecule has 1 fully saturated rings. The number of benzene rings is 1. The van der Waals surface area contributed by atoms with Crippen LogP contribution in [0.15, 0.2) is 24.3 Å². The van der Waals surface area contributed by atoms with Gasteiger partial charge in [-0.1, -0.05) is 12.1 Å². The van der Waals surface area contributed by atoms with Crippen LogP contribution in [0.2, 0.25) is 0 Å². The van der Waals surface area contributed by atoms with E-state index in [0.29, 0.717) is 12.0 Å². The summed E-state index contributed by atoms with van der Waals surface area (Å²) < 4.78 is 37.2. The van der Waals surface area contributed by atoms with Gasteiger partial charge in [-0.15, -0.1) is 0 Å².